The second-order valence-corrected chi connectivity index (χ2v) is 4.63. The Morgan fingerprint density at radius 1 is 1.04 bits per heavy atom. The standard InChI is InChI=1S/C17H18N2O4/c1-3-22-16-10-5-4-9-15(16)19-17(21)18-13-7-6-8-14(11-13)23-12(2)20/h4-11H,3H2,1-2H3,(H2,18,19,21). The minimum Gasteiger partial charge on any atom is -0.492 e. The lowest BCUT2D eigenvalue weighted by Gasteiger charge is -2.12. The van der Waals surface area contributed by atoms with E-state index in [2.05, 4.69) is 10.6 Å². The molecule has 2 rings (SSSR count). The van der Waals surface area contributed by atoms with E-state index in [4.69, 9.17) is 9.47 Å². The van der Waals surface area contributed by atoms with Crippen molar-refractivity contribution in [3.63, 3.8) is 0 Å². The Bertz CT molecular complexity index is 700. The SMILES string of the molecule is CCOc1ccccc1NC(=O)Nc1cccc(OC(C)=O)c1. The van der Waals surface area contributed by atoms with Crippen LogP contribution in [-0.4, -0.2) is 18.6 Å². The van der Waals surface area contributed by atoms with E-state index >= 15 is 0 Å². The summed E-state index contributed by atoms with van der Waals surface area (Å²) in [6.45, 7) is 3.69. The average Bonchev–Trinajstić information content (AvgIpc) is 2.49. The van der Waals surface area contributed by atoms with E-state index in [1.54, 1.807) is 42.5 Å². The second kappa shape index (κ2) is 7.84. The molecule has 0 fully saturated rings. The molecule has 0 atom stereocenters. The summed E-state index contributed by atoms with van der Waals surface area (Å²) in [5, 5.41) is 5.40. The van der Waals surface area contributed by atoms with Crippen LogP contribution in [0.15, 0.2) is 48.5 Å². The van der Waals surface area contributed by atoms with E-state index in [1.165, 1.54) is 6.92 Å². The number of esters is 1. The van der Waals surface area contributed by atoms with Crippen LogP contribution in [-0.2, 0) is 4.79 Å². The fourth-order valence-corrected chi connectivity index (χ4v) is 1.94. The number of carbonyl (C=O) groups is 2. The second-order valence-electron chi connectivity index (χ2n) is 4.63. The van der Waals surface area contributed by atoms with E-state index in [1.807, 2.05) is 13.0 Å². The van der Waals surface area contributed by atoms with E-state index in [9.17, 15) is 9.59 Å². The number of rotatable bonds is 5. The molecule has 0 bridgehead atoms. The summed E-state index contributed by atoms with van der Waals surface area (Å²) >= 11 is 0. The van der Waals surface area contributed by atoms with Gasteiger partial charge in [0.05, 0.1) is 12.3 Å². The van der Waals surface area contributed by atoms with Crippen molar-refractivity contribution < 1.29 is 19.1 Å². The van der Waals surface area contributed by atoms with Gasteiger partial charge >= 0.3 is 12.0 Å². The summed E-state index contributed by atoms with van der Waals surface area (Å²) in [6, 6.07) is 13.3. The Labute approximate surface area is 134 Å². The maximum atomic E-state index is 12.1. The van der Waals surface area contributed by atoms with Crippen LogP contribution in [0.25, 0.3) is 0 Å². The van der Waals surface area contributed by atoms with Gasteiger partial charge in [0.2, 0.25) is 0 Å². The molecule has 23 heavy (non-hydrogen) atoms. The van der Waals surface area contributed by atoms with Crippen LogP contribution in [0.2, 0.25) is 0 Å². The lowest BCUT2D eigenvalue weighted by atomic mass is 10.3. The first-order valence-corrected chi connectivity index (χ1v) is 7.17. The van der Waals surface area contributed by atoms with E-state index in [0.29, 0.717) is 29.5 Å². The lowest BCUT2D eigenvalue weighted by Crippen LogP contribution is -2.20. The molecule has 0 spiro atoms. The maximum Gasteiger partial charge on any atom is 0.323 e. The molecule has 2 aromatic rings. The zero-order valence-corrected chi connectivity index (χ0v) is 13.0. The largest absolute Gasteiger partial charge is 0.492 e. The number of para-hydroxylation sites is 2. The molecule has 0 saturated heterocycles. The molecule has 0 saturated carbocycles. The Morgan fingerprint density at radius 2 is 1.83 bits per heavy atom. The number of anilines is 2. The fraction of sp³-hybridized carbons (Fsp3) is 0.176. The van der Waals surface area contributed by atoms with Crippen LogP contribution >= 0.6 is 0 Å². The summed E-state index contributed by atoms with van der Waals surface area (Å²) in [5.41, 5.74) is 1.08. The molecular weight excluding hydrogens is 296 g/mol. The molecule has 120 valence electrons. The van der Waals surface area contributed by atoms with Gasteiger partial charge in [0.25, 0.3) is 0 Å². The highest BCUT2D eigenvalue weighted by atomic mass is 16.5. The van der Waals surface area contributed by atoms with Crippen LogP contribution < -0.4 is 20.1 Å². The Morgan fingerprint density at radius 3 is 2.57 bits per heavy atom. The van der Waals surface area contributed by atoms with Crippen LogP contribution in [0, 0.1) is 0 Å². The van der Waals surface area contributed by atoms with Crippen molar-refractivity contribution in [1.29, 1.82) is 0 Å². The predicted octanol–water partition coefficient (Wildman–Crippen LogP) is 3.65. The topological polar surface area (TPSA) is 76.7 Å². The van der Waals surface area contributed by atoms with E-state index in [-0.39, 0.29) is 0 Å². The van der Waals surface area contributed by atoms with Gasteiger partial charge in [0.1, 0.15) is 11.5 Å². The van der Waals surface area contributed by atoms with Crippen LogP contribution in [0.4, 0.5) is 16.2 Å². The average molecular weight is 314 g/mol. The Hall–Kier alpha value is -3.02. The molecule has 6 nitrogen and oxygen atoms in total. The van der Waals surface area contributed by atoms with Crippen LogP contribution in [0.3, 0.4) is 0 Å². The normalized spacial score (nSPS) is 9.83. The molecule has 6 heteroatoms. The number of ether oxygens (including phenoxy) is 2. The molecule has 0 radical (unpaired) electrons. The number of carbonyl (C=O) groups excluding carboxylic acids is 2. The first-order valence-electron chi connectivity index (χ1n) is 7.17. The quantitative estimate of drug-likeness (QED) is 0.652. The number of urea groups is 1. The summed E-state index contributed by atoms with van der Waals surface area (Å²) in [4.78, 5) is 23.0. The van der Waals surface area contributed by atoms with E-state index < -0.39 is 12.0 Å². The predicted molar refractivity (Wildman–Crippen MR) is 88.0 cm³/mol. The first-order chi connectivity index (χ1) is 11.1. The van der Waals surface area contributed by atoms with Crippen LogP contribution in [0.5, 0.6) is 11.5 Å². The zero-order chi connectivity index (χ0) is 16.7. The summed E-state index contributed by atoms with van der Waals surface area (Å²) in [6.07, 6.45) is 0. The van der Waals surface area contributed by atoms with Gasteiger partial charge in [-0.15, -0.1) is 0 Å². The van der Waals surface area contributed by atoms with Crippen molar-refractivity contribution in [3.05, 3.63) is 48.5 Å². The maximum absolute atomic E-state index is 12.1. The van der Waals surface area contributed by atoms with Gasteiger partial charge in [-0.1, -0.05) is 18.2 Å². The summed E-state index contributed by atoms with van der Waals surface area (Å²) in [7, 11) is 0. The van der Waals surface area contributed by atoms with Crippen molar-refractivity contribution in [2.24, 2.45) is 0 Å². The molecule has 0 aromatic heterocycles. The molecule has 0 aliphatic carbocycles. The number of nitrogens with one attached hydrogen (secondary N) is 2. The van der Waals surface area contributed by atoms with Crippen molar-refractivity contribution in [2.75, 3.05) is 17.2 Å². The minimum atomic E-state index is -0.419. The fourth-order valence-electron chi connectivity index (χ4n) is 1.94. The lowest BCUT2D eigenvalue weighted by molar-refractivity contribution is -0.131. The highest BCUT2D eigenvalue weighted by Gasteiger charge is 2.08. The molecule has 0 unspecified atom stereocenters. The third-order valence-electron chi connectivity index (χ3n) is 2.79. The van der Waals surface area contributed by atoms with Gasteiger partial charge < -0.3 is 20.1 Å². The van der Waals surface area contributed by atoms with Crippen molar-refractivity contribution in [2.45, 2.75) is 13.8 Å². The number of amides is 2. The van der Waals surface area contributed by atoms with Gasteiger partial charge in [-0.2, -0.15) is 0 Å². The molecule has 0 aliphatic rings. The van der Waals surface area contributed by atoms with Crippen molar-refractivity contribution in [1.82, 2.24) is 0 Å². The van der Waals surface area contributed by atoms with E-state index in [0.717, 1.165) is 0 Å². The smallest absolute Gasteiger partial charge is 0.323 e. The van der Waals surface area contributed by atoms with Gasteiger partial charge in [0, 0.05) is 18.7 Å². The number of hydrogen-bond acceptors (Lipinski definition) is 4. The molecule has 2 aromatic carbocycles. The van der Waals surface area contributed by atoms with Gasteiger partial charge in [-0.25, -0.2) is 4.79 Å². The molecule has 0 heterocycles. The molecule has 2 N–H and O–H groups in total. The zero-order valence-electron chi connectivity index (χ0n) is 13.0. The molecule has 0 aliphatic heterocycles. The molecule has 2 amide bonds. The highest BCUT2D eigenvalue weighted by molar-refractivity contribution is 6.00. The third-order valence-corrected chi connectivity index (χ3v) is 2.79. The van der Waals surface area contributed by atoms with Crippen molar-refractivity contribution in [3.8, 4) is 11.5 Å². The van der Waals surface area contributed by atoms with Crippen molar-refractivity contribution >= 4 is 23.4 Å². The molecular formula is C17H18N2O4. The third kappa shape index (κ3) is 5.03. The minimum absolute atomic E-state index is 0.366. The Balaban J connectivity index is 2.04. The monoisotopic (exact) mass is 314 g/mol. The first kappa shape index (κ1) is 16.4. The van der Waals surface area contributed by atoms with Gasteiger partial charge in [0.15, 0.2) is 0 Å². The summed E-state index contributed by atoms with van der Waals surface area (Å²) < 4.78 is 10.4. The summed E-state index contributed by atoms with van der Waals surface area (Å²) in [5.74, 6) is 0.543. The van der Waals surface area contributed by atoms with Gasteiger partial charge in [-0.3, -0.25) is 4.79 Å². The number of hydrogen-bond donors (Lipinski definition) is 2. The van der Waals surface area contributed by atoms with Crippen LogP contribution in [0.1, 0.15) is 13.8 Å². The van der Waals surface area contributed by atoms with Gasteiger partial charge in [-0.05, 0) is 31.2 Å². The Kier molecular flexibility index (Phi) is 5.57. The highest BCUT2D eigenvalue weighted by Crippen LogP contribution is 2.24. The number of benzene rings is 2.